The summed E-state index contributed by atoms with van der Waals surface area (Å²) < 4.78 is 26.0. The Morgan fingerprint density at radius 2 is 1.71 bits per heavy atom. The molecule has 6 heteroatoms. The van der Waals surface area contributed by atoms with Gasteiger partial charge in [0.1, 0.15) is 11.6 Å². The van der Waals surface area contributed by atoms with E-state index in [1.54, 1.807) is 0 Å². The van der Waals surface area contributed by atoms with Gasteiger partial charge in [-0.15, -0.1) is 5.10 Å². The van der Waals surface area contributed by atoms with Crippen molar-refractivity contribution in [3.05, 3.63) is 65.2 Å². The predicted molar refractivity (Wildman–Crippen MR) is 75.6 cm³/mol. The van der Waals surface area contributed by atoms with E-state index in [-0.39, 0.29) is 11.5 Å². The molecule has 1 heterocycles. The first kappa shape index (κ1) is 13.1. The van der Waals surface area contributed by atoms with Crippen LogP contribution in [0.15, 0.2) is 52.7 Å². The van der Waals surface area contributed by atoms with Crippen molar-refractivity contribution < 1.29 is 13.6 Å². The number of hydrogen-bond donors (Lipinski definition) is 1. The Hall–Kier alpha value is -2.89. The van der Waals surface area contributed by atoms with Crippen molar-refractivity contribution >= 4 is 23.5 Å². The van der Waals surface area contributed by atoms with Gasteiger partial charge in [0.2, 0.25) is 0 Å². The molecule has 0 aromatic heterocycles. The van der Waals surface area contributed by atoms with E-state index in [4.69, 9.17) is 0 Å². The summed E-state index contributed by atoms with van der Waals surface area (Å²) >= 11 is 0. The van der Waals surface area contributed by atoms with Crippen LogP contribution in [0.2, 0.25) is 0 Å². The summed E-state index contributed by atoms with van der Waals surface area (Å²) in [6.07, 6.45) is 1.39. The van der Waals surface area contributed by atoms with E-state index < -0.39 is 11.7 Å². The number of fused-ring (bicyclic) bond motifs is 1. The van der Waals surface area contributed by atoms with E-state index in [1.807, 2.05) is 0 Å². The fourth-order valence-electron chi connectivity index (χ4n) is 1.93. The lowest BCUT2D eigenvalue weighted by Crippen LogP contribution is -2.13. The van der Waals surface area contributed by atoms with E-state index in [9.17, 15) is 13.6 Å². The van der Waals surface area contributed by atoms with Crippen LogP contribution in [0.3, 0.4) is 0 Å². The van der Waals surface area contributed by atoms with Gasteiger partial charge in [0, 0.05) is 5.56 Å². The van der Waals surface area contributed by atoms with Crippen LogP contribution >= 0.6 is 0 Å². The number of nitrogens with one attached hydrogen (secondary N) is 1. The second-order valence-electron chi connectivity index (χ2n) is 4.39. The molecule has 1 N–H and O–H groups in total. The molecular weight excluding hydrogens is 276 g/mol. The van der Waals surface area contributed by atoms with Gasteiger partial charge in [-0.2, -0.15) is 5.10 Å². The fourth-order valence-corrected chi connectivity index (χ4v) is 1.93. The minimum atomic E-state index is -0.458. The van der Waals surface area contributed by atoms with Gasteiger partial charge in [-0.05, 0) is 35.9 Å². The number of halogens is 2. The first-order chi connectivity index (χ1) is 10.1. The number of nitrogens with zero attached hydrogens (tertiary/aromatic N) is 2. The monoisotopic (exact) mass is 285 g/mol. The Kier molecular flexibility index (Phi) is 3.27. The van der Waals surface area contributed by atoms with Gasteiger partial charge in [-0.25, -0.2) is 8.78 Å². The summed E-state index contributed by atoms with van der Waals surface area (Å²) in [7, 11) is 0. The van der Waals surface area contributed by atoms with Crippen LogP contribution in [0.4, 0.5) is 14.5 Å². The van der Waals surface area contributed by atoms with E-state index in [1.165, 1.54) is 48.7 Å². The first-order valence-electron chi connectivity index (χ1n) is 6.11. The molecule has 2 aromatic rings. The zero-order valence-corrected chi connectivity index (χ0v) is 10.7. The Labute approximate surface area is 118 Å². The normalized spacial score (nSPS) is 15.5. The summed E-state index contributed by atoms with van der Waals surface area (Å²) in [6, 6.07) is 9.59. The average molecular weight is 285 g/mol. The highest BCUT2D eigenvalue weighted by molar-refractivity contribution is 6.53. The van der Waals surface area contributed by atoms with Crippen LogP contribution in [-0.2, 0) is 4.79 Å². The van der Waals surface area contributed by atoms with Gasteiger partial charge in [0.05, 0.1) is 11.9 Å². The van der Waals surface area contributed by atoms with E-state index in [2.05, 4.69) is 15.5 Å². The third-order valence-electron chi connectivity index (χ3n) is 2.93. The summed E-state index contributed by atoms with van der Waals surface area (Å²) in [6.45, 7) is 0. The third-order valence-corrected chi connectivity index (χ3v) is 2.93. The van der Waals surface area contributed by atoms with Crippen molar-refractivity contribution in [2.24, 2.45) is 10.2 Å². The molecule has 0 fully saturated rings. The number of carbonyl (C=O) groups is 1. The molecule has 4 nitrogen and oxygen atoms in total. The number of hydrogen-bond acceptors (Lipinski definition) is 3. The molecule has 0 atom stereocenters. The van der Waals surface area contributed by atoms with Gasteiger partial charge in [0.25, 0.3) is 5.91 Å². The van der Waals surface area contributed by atoms with Crippen molar-refractivity contribution in [1.29, 1.82) is 0 Å². The van der Waals surface area contributed by atoms with Crippen LogP contribution in [0, 0.1) is 11.6 Å². The minimum absolute atomic E-state index is 0.0443. The van der Waals surface area contributed by atoms with Gasteiger partial charge in [-0.1, -0.05) is 12.1 Å². The van der Waals surface area contributed by atoms with Crippen molar-refractivity contribution in [3.8, 4) is 0 Å². The summed E-state index contributed by atoms with van der Waals surface area (Å²) in [5.74, 6) is -1.25. The molecule has 0 unspecified atom stereocenters. The molecule has 0 aliphatic carbocycles. The Balaban J connectivity index is 1.88. The highest BCUT2D eigenvalue weighted by Gasteiger charge is 2.26. The van der Waals surface area contributed by atoms with Crippen LogP contribution in [-0.4, -0.2) is 17.8 Å². The fraction of sp³-hybridized carbons (Fsp3) is 0. The standard InChI is InChI=1S/C15H9F2N3O/c16-10-3-1-9(2-4-10)8-18-20-14-12-7-11(17)5-6-13(12)19-15(14)21/h1-8H,(H,19,20,21)/b18-8+. The lowest BCUT2D eigenvalue weighted by molar-refractivity contribution is -0.110. The zero-order chi connectivity index (χ0) is 14.8. The minimum Gasteiger partial charge on any atom is -0.320 e. The van der Waals surface area contributed by atoms with Crippen LogP contribution in [0.1, 0.15) is 11.1 Å². The highest BCUT2D eigenvalue weighted by Crippen LogP contribution is 2.24. The largest absolute Gasteiger partial charge is 0.320 e. The van der Waals surface area contributed by atoms with Crippen molar-refractivity contribution in [2.75, 3.05) is 5.32 Å². The van der Waals surface area contributed by atoms with E-state index in [0.29, 0.717) is 16.8 Å². The number of rotatable bonds is 2. The highest BCUT2D eigenvalue weighted by atomic mass is 19.1. The van der Waals surface area contributed by atoms with E-state index in [0.717, 1.165) is 0 Å². The maximum Gasteiger partial charge on any atom is 0.276 e. The van der Waals surface area contributed by atoms with Crippen molar-refractivity contribution in [1.82, 2.24) is 0 Å². The molecule has 1 aliphatic rings. The lowest BCUT2D eigenvalue weighted by atomic mass is 10.1. The Bertz CT molecular complexity index is 767. The Morgan fingerprint density at radius 1 is 1.00 bits per heavy atom. The summed E-state index contributed by atoms with van der Waals surface area (Å²) in [4.78, 5) is 11.7. The molecular formula is C15H9F2N3O. The number of benzene rings is 2. The van der Waals surface area contributed by atoms with Gasteiger partial charge < -0.3 is 5.32 Å². The smallest absolute Gasteiger partial charge is 0.276 e. The second-order valence-corrected chi connectivity index (χ2v) is 4.39. The van der Waals surface area contributed by atoms with Gasteiger partial charge in [0.15, 0.2) is 5.71 Å². The molecule has 1 aliphatic heterocycles. The summed E-state index contributed by atoms with van der Waals surface area (Å²) in [5.41, 5.74) is 1.55. The lowest BCUT2D eigenvalue weighted by Gasteiger charge is -1.95. The molecule has 0 saturated carbocycles. The Morgan fingerprint density at radius 3 is 2.48 bits per heavy atom. The molecule has 21 heavy (non-hydrogen) atoms. The second kappa shape index (κ2) is 5.24. The first-order valence-corrected chi connectivity index (χ1v) is 6.11. The van der Waals surface area contributed by atoms with Gasteiger partial charge >= 0.3 is 0 Å². The SMILES string of the molecule is O=C1Nc2ccc(F)cc2/C1=N/N=C/c1ccc(F)cc1. The molecule has 104 valence electrons. The van der Waals surface area contributed by atoms with Crippen molar-refractivity contribution in [2.45, 2.75) is 0 Å². The molecule has 3 rings (SSSR count). The summed E-state index contributed by atoms with van der Waals surface area (Å²) in [5, 5.41) is 10.2. The molecule has 1 amide bonds. The van der Waals surface area contributed by atoms with Crippen LogP contribution < -0.4 is 5.32 Å². The average Bonchev–Trinajstić information content (AvgIpc) is 2.77. The maximum atomic E-state index is 13.2. The number of amides is 1. The number of anilines is 1. The molecule has 0 spiro atoms. The molecule has 0 radical (unpaired) electrons. The topological polar surface area (TPSA) is 53.8 Å². The third kappa shape index (κ3) is 2.69. The number of carbonyl (C=O) groups excluding carboxylic acids is 1. The van der Waals surface area contributed by atoms with Crippen molar-refractivity contribution in [3.63, 3.8) is 0 Å². The molecule has 2 aromatic carbocycles. The van der Waals surface area contributed by atoms with E-state index >= 15 is 0 Å². The molecule has 0 saturated heterocycles. The van der Waals surface area contributed by atoms with Crippen LogP contribution in [0.5, 0.6) is 0 Å². The quantitative estimate of drug-likeness (QED) is 0.669. The van der Waals surface area contributed by atoms with Gasteiger partial charge in [-0.3, -0.25) is 4.79 Å². The van der Waals surface area contributed by atoms with Crippen LogP contribution in [0.25, 0.3) is 0 Å². The maximum absolute atomic E-state index is 13.2. The zero-order valence-electron chi connectivity index (χ0n) is 10.7. The molecule has 0 bridgehead atoms. The predicted octanol–water partition coefficient (Wildman–Crippen LogP) is 2.74.